The smallest absolute Gasteiger partial charge is 0.321 e. The summed E-state index contributed by atoms with van der Waals surface area (Å²) in [6.45, 7) is 3.14. The van der Waals surface area contributed by atoms with Gasteiger partial charge in [0.05, 0.1) is 6.04 Å². The van der Waals surface area contributed by atoms with Gasteiger partial charge < -0.3 is 15.2 Å². The number of rotatable bonds is 5. The van der Waals surface area contributed by atoms with Gasteiger partial charge in [-0.3, -0.25) is 9.69 Å². The molecule has 1 aromatic heterocycles. The molecule has 4 rings (SSSR count). The van der Waals surface area contributed by atoms with Gasteiger partial charge in [-0.05, 0) is 38.0 Å². The zero-order valence-electron chi connectivity index (χ0n) is 15.4. The Labute approximate surface area is 158 Å². The van der Waals surface area contributed by atoms with E-state index in [2.05, 4.69) is 25.4 Å². The number of nitrogens with zero attached hydrogens (tertiary/aromatic N) is 4. The Bertz CT molecular complexity index is 842. The molecule has 2 aromatic rings. The van der Waals surface area contributed by atoms with Gasteiger partial charge in [-0.2, -0.15) is 0 Å². The van der Waals surface area contributed by atoms with Crippen molar-refractivity contribution in [1.82, 2.24) is 25.4 Å². The third kappa shape index (κ3) is 3.51. The van der Waals surface area contributed by atoms with Crippen molar-refractivity contribution in [2.75, 3.05) is 18.0 Å². The van der Waals surface area contributed by atoms with E-state index in [0.29, 0.717) is 24.7 Å². The summed E-state index contributed by atoms with van der Waals surface area (Å²) in [5, 5.41) is 14.1. The Morgan fingerprint density at radius 1 is 1.33 bits per heavy atom. The number of nitrogens with one attached hydrogen (secondary N) is 2. The highest BCUT2D eigenvalue weighted by molar-refractivity contribution is 5.98. The van der Waals surface area contributed by atoms with E-state index >= 15 is 0 Å². The lowest BCUT2D eigenvalue weighted by molar-refractivity contribution is 0.0937. The van der Waals surface area contributed by atoms with Gasteiger partial charge in [0, 0.05) is 30.4 Å². The lowest BCUT2D eigenvalue weighted by Crippen LogP contribution is -2.30. The van der Waals surface area contributed by atoms with E-state index < -0.39 is 0 Å². The van der Waals surface area contributed by atoms with Gasteiger partial charge in [0.2, 0.25) is 0 Å². The molecule has 8 nitrogen and oxygen atoms in total. The zero-order valence-corrected chi connectivity index (χ0v) is 15.4. The van der Waals surface area contributed by atoms with E-state index in [1.54, 1.807) is 29.4 Å². The van der Waals surface area contributed by atoms with Crippen LogP contribution in [0.2, 0.25) is 0 Å². The van der Waals surface area contributed by atoms with Crippen LogP contribution in [0.1, 0.15) is 60.9 Å². The first kappa shape index (κ1) is 17.5. The summed E-state index contributed by atoms with van der Waals surface area (Å²) in [6.07, 6.45) is 6.47. The minimum Gasteiger partial charge on any atom is -0.342 e. The summed E-state index contributed by atoms with van der Waals surface area (Å²) < 4.78 is 2.10. The van der Waals surface area contributed by atoms with Gasteiger partial charge in [0.1, 0.15) is 6.33 Å². The van der Waals surface area contributed by atoms with Crippen molar-refractivity contribution in [3.05, 3.63) is 42.0 Å². The molecule has 2 heterocycles. The molecule has 2 N–H and O–H groups in total. The van der Waals surface area contributed by atoms with Crippen LogP contribution in [0.4, 0.5) is 10.5 Å². The van der Waals surface area contributed by atoms with Crippen molar-refractivity contribution >= 4 is 17.6 Å². The Morgan fingerprint density at radius 2 is 2.15 bits per heavy atom. The second-order valence-electron chi connectivity index (χ2n) is 7.16. The lowest BCUT2D eigenvalue weighted by atomic mass is 10.1. The molecule has 2 fully saturated rings. The molecule has 1 aliphatic heterocycles. The number of carbonyl (C=O) groups excluding carboxylic acids is 2. The van der Waals surface area contributed by atoms with E-state index in [4.69, 9.17) is 0 Å². The van der Waals surface area contributed by atoms with Gasteiger partial charge in [0.25, 0.3) is 5.91 Å². The van der Waals surface area contributed by atoms with Crippen LogP contribution in [0, 0.1) is 0 Å². The van der Waals surface area contributed by atoms with E-state index in [0.717, 1.165) is 24.4 Å². The molecule has 0 spiro atoms. The highest BCUT2D eigenvalue weighted by Gasteiger charge is 2.25. The third-order valence-corrected chi connectivity index (χ3v) is 5.33. The Kier molecular flexibility index (Phi) is 4.79. The predicted molar refractivity (Wildman–Crippen MR) is 101 cm³/mol. The summed E-state index contributed by atoms with van der Waals surface area (Å²) in [6, 6.07) is 7.16. The molecule has 8 heteroatoms. The van der Waals surface area contributed by atoms with Gasteiger partial charge in [-0.1, -0.05) is 18.9 Å². The summed E-state index contributed by atoms with van der Waals surface area (Å²) >= 11 is 0. The molecule has 27 heavy (non-hydrogen) atoms. The molecular weight excluding hydrogens is 344 g/mol. The second-order valence-corrected chi connectivity index (χ2v) is 7.16. The fraction of sp³-hybridized carbons (Fsp3) is 0.474. The van der Waals surface area contributed by atoms with Crippen LogP contribution in [0.3, 0.4) is 0 Å². The molecular formula is C19H24N6O2. The third-order valence-electron chi connectivity index (χ3n) is 5.33. The molecule has 1 aromatic carbocycles. The molecule has 1 atom stereocenters. The van der Waals surface area contributed by atoms with Crippen molar-refractivity contribution in [3.63, 3.8) is 0 Å². The highest BCUT2D eigenvalue weighted by Crippen LogP contribution is 2.31. The first-order valence-electron chi connectivity index (χ1n) is 9.49. The van der Waals surface area contributed by atoms with Crippen molar-refractivity contribution in [1.29, 1.82) is 0 Å². The van der Waals surface area contributed by atoms with E-state index in [1.165, 1.54) is 12.8 Å². The van der Waals surface area contributed by atoms with Crippen LogP contribution in [0.25, 0.3) is 0 Å². The maximum Gasteiger partial charge on any atom is 0.321 e. The maximum absolute atomic E-state index is 12.7. The standard InChI is InChI=1S/C19H24N6O2/c1-13(17-23-21-12-25(17)15-6-2-3-7-15)22-18(26)14-5-4-8-16(11-14)24-10-9-20-19(24)27/h4-5,8,11-13,15H,2-3,6-7,9-10H2,1H3,(H,20,27)(H,22,26). The van der Waals surface area contributed by atoms with Gasteiger partial charge in [-0.15, -0.1) is 10.2 Å². The first-order valence-corrected chi connectivity index (χ1v) is 9.49. The van der Waals surface area contributed by atoms with Crippen molar-refractivity contribution in [3.8, 4) is 0 Å². The van der Waals surface area contributed by atoms with Crippen LogP contribution in [0.15, 0.2) is 30.6 Å². The predicted octanol–water partition coefficient (Wildman–Crippen LogP) is 2.41. The molecule has 142 valence electrons. The van der Waals surface area contributed by atoms with Crippen LogP contribution in [-0.4, -0.2) is 39.8 Å². The number of hydrogen-bond acceptors (Lipinski definition) is 4. The van der Waals surface area contributed by atoms with Crippen LogP contribution in [-0.2, 0) is 0 Å². The first-order chi connectivity index (χ1) is 13.1. The minimum atomic E-state index is -0.251. The number of hydrogen-bond donors (Lipinski definition) is 2. The second kappa shape index (κ2) is 7.38. The summed E-state index contributed by atoms with van der Waals surface area (Å²) in [4.78, 5) is 26.2. The number of aromatic nitrogens is 3. The van der Waals surface area contributed by atoms with Crippen LogP contribution in [0.5, 0.6) is 0 Å². The summed E-state index contributed by atoms with van der Waals surface area (Å²) in [5.74, 6) is 0.593. The Hall–Kier alpha value is -2.90. The SMILES string of the molecule is CC(NC(=O)c1cccc(N2CCNC2=O)c1)c1nncn1C1CCCC1. The van der Waals surface area contributed by atoms with Crippen LogP contribution < -0.4 is 15.5 Å². The average molecular weight is 368 g/mol. The fourth-order valence-electron chi connectivity index (χ4n) is 3.90. The van der Waals surface area contributed by atoms with Crippen molar-refractivity contribution in [2.45, 2.75) is 44.7 Å². The van der Waals surface area contributed by atoms with Crippen LogP contribution >= 0.6 is 0 Å². The highest BCUT2D eigenvalue weighted by atomic mass is 16.2. The van der Waals surface area contributed by atoms with Gasteiger partial charge >= 0.3 is 6.03 Å². The number of anilines is 1. The molecule has 2 aliphatic rings. The number of carbonyl (C=O) groups is 2. The van der Waals surface area contributed by atoms with E-state index in [-0.39, 0.29) is 18.0 Å². The fourth-order valence-corrected chi connectivity index (χ4v) is 3.90. The van der Waals surface area contributed by atoms with E-state index in [1.807, 2.05) is 13.0 Å². The van der Waals surface area contributed by atoms with Gasteiger partial charge in [0.15, 0.2) is 5.82 Å². The Morgan fingerprint density at radius 3 is 2.89 bits per heavy atom. The minimum absolute atomic E-state index is 0.134. The molecule has 0 radical (unpaired) electrons. The lowest BCUT2D eigenvalue weighted by Gasteiger charge is -2.19. The number of benzene rings is 1. The molecule has 0 bridgehead atoms. The summed E-state index contributed by atoms with van der Waals surface area (Å²) in [7, 11) is 0. The topological polar surface area (TPSA) is 92.2 Å². The van der Waals surface area contributed by atoms with Crippen molar-refractivity contribution in [2.24, 2.45) is 0 Å². The monoisotopic (exact) mass is 368 g/mol. The normalized spacial score (nSPS) is 18.6. The van der Waals surface area contributed by atoms with E-state index in [9.17, 15) is 9.59 Å². The Balaban J connectivity index is 1.48. The number of urea groups is 1. The molecule has 1 saturated carbocycles. The average Bonchev–Trinajstić information content (AvgIpc) is 3.42. The zero-order chi connectivity index (χ0) is 18.8. The molecule has 1 aliphatic carbocycles. The van der Waals surface area contributed by atoms with Gasteiger partial charge in [-0.25, -0.2) is 4.79 Å². The molecule has 1 saturated heterocycles. The largest absolute Gasteiger partial charge is 0.342 e. The van der Waals surface area contributed by atoms with Crippen molar-refractivity contribution < 1.29 is 9.59 Å². The maximum atomic E-state index is 12.7. The summed E-state index contributed by atoms with van der Waals surface area (Å²) in [5.41, 5.74) is 1.24. The molecule has 1 unspecified atom stereocenters. The number of amides is 3. The molecule has 3 amide bonds. The quantitative estimate of drug-likeness (QED) is 0.848.